The Morgan fingerprint density at radius 2 is 1.81 bits per heavy atom. The van der Waals surface area contributed by atoms with Crippen LogP contribution in [0.4, 0.5) is 14.6 Å². The minimum absolute atomic E-state index is 0.0248. The van der Waals surface area contributed by atoms with Crippen LogP contribution in [0.25, 0.3) is 11.4 Å². The quantitative estimate of drug-likeness (QED) is 0.909. The molecule has 0 aliphatic carbocycles. The molecule has 0 spiro atoms. The third-order valence-electron chi connectivity index (χ3n) is 3.15. The van der Waals surface area contributed by atoms with E-state index in [1.54, 1.807) is 19.2 Å². The van der Waals surface area contributed by atoms with Gasteiger partial charge in [0, 0.05) is 29.7 Å². The number of halogens is 2. The largest absolute Gasteiger partial charge is 0.373 e. The Morgan fingerprint density at radius 1 is 1.10 bits per heavy atom. The van der Waals surface area contributed by atoms with E-state index < -0.39 is 6.43 Å². The smallest absolute Gasteiger partial charge is 0.263 e. The number of rotatable bonds is 3. The lowest BCUT2D eigenvalue weighted by Crippen LogP contribution is -2.15. The van der Waals surface area contributed by atoms with Crippen molar-refractivity contribution in [2.24, 2.45) is 0 Å². The van der Waals surface area contributed by atoms with Crippen LogP contribution in [0, 0.1) is 0 Å². The minimum Gasteiger partial charge on any atom is -0.373 e. The van der Waals surface area contributed by atoms with E-state index in [1.807, 2.05) is 26.8 Å². The van der Waals surface area contributed by atoms with Crippen molar-refractivity contribution in [2.45, 2.75) is 32.6 Å². The molecule has 2 rings (SSSR count). The van der Waals surface area contributed by atoms with Gasteiger partial charge in [-0.3, -0.25) is 0 Å². The topological polar surface area (TPSA) is 37.8 Å². The van der Waals surface area contributed by atoms with Crippen molar-refractivity contribution in [2.75, 3.05) is 12.4 Å². The molecule has 0 saturated carbocycles. The number of nitrogens with one attached hydrogen (secondary N) is 1. The maximum absolute atomic E-state index is 12.8. The van der Waals surface area contributed by atoms with E-state index in [4.69, 9.17) is 0 Å². The Balaban J connectivity index is 2.55. The zero-order chi connectivity index (χ0) is 15.6. The fourth-order valence-electron chi connectivity index (χ4n) is 1.90. The number of hydrogen-bond donors (Lipinski definition) is 1. The number of aromatic nitrogens is 2. The van der Waals surface area contributed by atoms with Crippen LogP contribution in [-0.2, 0) is 5.41 Å². The predicted octanol–water partition coefficient (Wildman–Crippen LogP) is 4.42. The first-order valence-electron chi connectivity index (χ1n) is 6.77. The van der Waals surface area contributed by atoms with Crippen molar-refractivity contribution < 1.29 is 8.78 Å². The Kier molecular flexibility index (Phi) is 4.21. The molecule has 5 heteroatoms. The monoisotopic (exact) mass is 291 g/mol. The van der Waals surface area contributed by atoms with E-state index in [0.29, 0.717) is 17.2 Å². The molecule has 0 fully saturated rings. The van der Waals surface area contributed by atoms with Crippen molar-refractivity contribution in [1.82, 2.24) is 9.97 Å². The highest BCUT2D eigenvalue weighted by molar-refractivity contribution is 5.59. The van der Waals surface area contributed by atoms with Crippen LogP contribution in [0.3, 0.4) is 0 Å². The molecule has 3 nitrogen and oxygen atoms in total. The molecule has 1 aromatic carbocycles. The summed E-state index contributed by atoms with van der Waals surface area (Å²) in [4.78, 5) is 8.90. The van der Waals surface area contributed by atoms with E-state index in [2.05, 4.69) is 15.3 Å². The summed E-state index contributed by atoms with van der Waals surface area (Å²) in [6.07, 6.45) is -2.50. The molecule has 1 heterocycles. The van der Waals surface area contributed by atoms with Gasteiger partial charge >= 0.3 is 0 Å². The zero-order valence-electron chi connectivity index (χ0n) is 12.6. The molecule has 0 atom stereocenters. The molecule has 0 amide bonds. The summed E-state index contributed by atoms with van der Waals surface area (Å²) in [6, 6.07) is 8.06. The molecule has 0 bridgehead atoms. The maximum Gasteiger partial charge on any atom is 0.263 e. The first kappa shape index (κ1) is 15.4. The Labute approximate surface area is 123 Å². The summed E-state index contributed by atoms with van der Waals surface area (Å²) in [6.45, 7) is 6.15. The molecular weight excluding hydrogens is 272 g/mol. The number of benzene rings is 1. The molecule has 0 aliphatic heterocycles. The molecule has 2 aromatic rings. The average molecular weight is 291 g/mol. The van der Waals surface area contributed by atoms with Crippen LogP contribution in [0.15, 0.2) is 30.3 Å². The number of alkyl halides is 2. The van der Waals surface area contributed by atoms with Gasteiger partial charge in [0.2, 0.25) is 0 Å². The van der Waals surface area contributed by atoms with Crippen molar-refractivity contribution >= 4 is 5.82 Å². The fraction of sp³-hybridized carbons (Fsp3) is 0.375. The first-order valence-corrected chi connectivity index (χ1v) is 6.77. The average Bonchev–Trinajstić information content (AvgIpc) is 2.46. The van der Waals surface area contributed by atoms with E-state index in [0.717, 1.165) is 5.69 Å². The van der Waals surface area contributed by atoms with Crippen LogP contribution in [0.5, 0.6) is 0 Å². The lowest BCUT2D eigenvalue weighted by atomic mass is 9.91. The highest BCUT2D eigenvalue weighted by Gasteiger charge is 2.19. The van der Waals surface area contributed by atoms with Gasteiger partial charge in [-0.05, 0) is 6.07 Å². The molecule has 0 aliphatic rings. The summed E-state index contributed by atoms with van der Waals surface area (Å²) in [5.74, 6) is 1.13. The standard InChI is InChI=1S/C16H19F2N3/c1-16(2,3)12-9-13(19-4)21-15(20-12)11-7-5-6-10(8-11)14(17)18/h5-9,14H,1-4H3,(H,19,20,21). The third-order valence-corrected chi connectivity index (χ3v) is 3.15. The van der Waals surface area contributed by atoms with Gasteiger partial charge in [-0.15, -0.1) is 0 Å². The molecule has 1 aromatic heterocycles. The summed E-state index contributed by atoms with van der Waals surface area (Å²) < 4.78 is 25.6. The SMILES string of the molecule is CNc1cc(C(C)(C)C)nc(-c2cccc(C(F)F)c2)n1. The van der Waals surface area contributed by atoms with E-state index in [1.165, 1.54) is 12.1 Å². The molecule has 0 unspecified atom stereocenters. The van der Waals surface area contributed by atoms with Crippen molar-refractivity contribution in [1.29, 1.82) is 0 Å². The van der Waals surface area contributed by atoms with E-state index in [-0.39, 0.29) is 11.0 Å². The van der Waals surface area contributed by atoms with Gasteiger partial charge in [0.1, 0.15) is 5.82 Å². The molecule has 1 N–H and O–H groups in total. The summed E-state index contributed by atoms with van der Waals surface area (Å²) >= 11 is 0. The second kappa shape index (κ2) is 5.76. The number of nitrogens with zero attached hydrogens (tertiary/aromatic N) is 2. The maximum atomic E-state index is 12.8. The molecule has 0 radical (unpaired) electrons. The van der Waals surface area contributed by atoms with Gasteiger partial charge in [0.05, 0.1) is 5.69 Å². The van der Waals surface area contributed by atoms with Gasteiger partial charge in [-0.25, -0.2) is 18.7 Å². The second-order valence-corrected chi connectivity index (χ2v) is 5.89. The van der Waals surface area contributed by atoms with Gasteiger partial charge in [0.25, 0.3) is 6.43 Å². The van der Waals surface area contributed by atoms with Crippen LogP contribution >= 0.6 is 0 Å². The minimum atomic E-state index is -2.50. The van der Waals surface area contributed by atoms with Crippen LogP contribution in [-0.4, -0.2) is 17.0 Å². The molecular formula is C16H19F2N3. The summed E-state index contributed by atoms with van der Waals surface area (Å²) in [7, 11) is 1.77. The third kappa shape index (κ3) is 3.54. The van der Waals surface area contributed by atoms with Gasteiger partial charge in [-0.2, -0.15) is 0 Å². The van der Waals surface area contributed by atoms with Gasteiger partial charge < -0.3 is 5.32 Å². The Bertz CT molecular complexity index is 634. The van der Waals surface area contributed by atoms with Crippen LogP contribution in [0.2, 0.25) is 0 Å². The highest BCUT2D eigenvalue weighted by atomic mass is 19.3. The summed E-state index contributed by atoms with van der Waals surface area (Å²) in [5.41, 5.74) is 1.28. The van der Waals surface area contributed by atoms with Gasteiger partial charge in [0.15, 0.2) is 5.82 Å². The second-order valence-electron chi connectivity index (χ2n) is 5.89. The Hall–Kier alpha value is -2.04. The molecule has 112 valence electrons. The Morgan fingerprint density at radius 3 is 2.38 bits per heavy atom. The molecule has 21 heavy (non-hydrogen) atoms. The lowest BCUT2D eigenvalue weighted by Gasteiger charge is -2.19. The van der Waals surface area contributed by atoms with Crippen molar-refractivity contribution in [3.63, 3.8) is 0 Å². The zero-order valence-corrected chi connectivity index (χ0v) is 12.6. The van der Waals surface area contributed by atoms with Crippen LogP contribution in [0.1, 0.15) is 38.5 Å². The van der Waals surface area contributed by atoms with Gasteiger partial charge in [-0.1, -0.05) is 39.0 Å². The van der Waals surface area contributed by atoms with Crippen molar-refractivity contribution in [3.8, 4) is 11.4 Å². The number of anilines is 1. The normalized spacial score (nSPS) is 11.8. The highest BCUT2D eigenvalue weighted by Crippen LogP contribution is 2.28. The molecule has 0 saturated heterocycles. The van der Waals surface area contributed by atoms with E-state index >= 15 is 0 Å². The van der Waals surface area contributed by atoms with E-state index in [9.17, 15) is 8.78 Å². The predicted molar refractivity (Wildman–Crippen MR) is 80.7 cm³/mol. The lowest BCUT2D eigenvalue weighted by molar-refractivity contribution is 0.151. The first-order chi connectivity index (χ1) is 9.81. The fourth-order valence-corrected chi connectivity index (χ4v) is 1.90. The summed E-state index contributed by atoms with van der Waals surface area (Å²) in [5, 5.41) is 2.99. The number of hydrogen-bond acceptors (Lipinski definition) is 3. The van der Waals surface area contributed by atoms with Crippen molar-refractivity contribution in [3.05, 3.63) is 41.6 Å². The van der Waals surface area contributed by atoms with Crippen LogP contribution < -0.4 is 5.32 Å².